The maximum absolute atomic E-state index is 12.4. The van der Waals surface area contributed by atoms with Crippen molar-refractivity contribution in [2.24, 2.45) is 5.92 Å². The van der Waals surface area contributed by atoms with Gasteiger partial charge in [-0.2, -0.15) is 0 Å². The third-order valence-corrected chi connectivity index (χ3v) is 5.49. The zero-order valence-electron chi connectivity index (χ0n) is 12.1. The van der Waals surface area contributed by atoms with Gasteiger partial charge in [0.25, 0.3) is 0 Å². The summed E-state index contributed by atoms with van der Waals surface area (Å²) in [6, 6.07) is 1.25. The van der Waals surface area contributed by atoms with E-state index >= 15 is 0 Å². The van der Waals surface area contributed by atoms with Crippen molar-refractivity contribution < 1.29 is 13.2 Å². The highest BCUT2D eigenvalue weighted by molar-refractivity contribution is 7.89. The Morgan fingerprint density at radius 3 is 2.67 bits per heavy atom. The molecule has 0 bridgehead atoms. The van der Waals surface area contributed by atoms with Gasteiger partial charge < -0.3 is 10.1 Å². The maximum Gasteiger partial charge on any atom is 0.242 e. The SMILES string of the molecule is CNc1ncc(S(=O)(=O)NC(C)C2CCOCC2)cc1Cl. The fraction of sp³-hybridized carbons (Fsp3) is 0.615. The van der Waals surface area contributed by atoms with Crippen LogP contribution in [-0.4, -0.2) is 39.7 Å². The van der Waals surface area contributed by atoms with E-state index in [9.17, 15) is 8.42 Å². The molecule has 2 heterocycles. The molecular formula is C13H20ClN3O3S. The molecule has 1 aliphatic heterocycles. The number of sulfonamides is 1. The summed E-state index contributed by atoms with van der Waals surface area (Å²) >= 11 is 5.99. The summed E-state index contributed by atoms with van der Waals surface area (Å²) in [5.41, 5.74) is 0. The van der Waals surface area contributed by atoms with Crippen molar-refractivity contribution in [1.82, 2.24) is 9.71 Å². The second kappa shape index (κ2) is 6.91. The van der Waals surface area contributed by atoms with Gasteiger partial charge in [0.1, 0.15) is 10.7 Å². The molecule has 0 saturated carbocycles. The summed E-state index contributed by atoms with van der Waals surface area (Å²) in [6.07, 6.45) is 3.03. The molecule has 1 saturated heterocycles. The van der Waals surface area contributed by atoms with Gasteiger partial charge in [-0.15, -0.1) is 0 Å². The first-order chi connectivity index (χ1) is 9.94. The van der Waals surface area contributed by atoms with Crippen LogP contribution in [0.15, 0.2) is 17.2 Å². The zero-order valence-corrected chi connectivity index (χ0v) is 13.7. The van der Waals surface area contributed by atoms with E-state index in [-0.39, 0.29) is 21.9 Å². The van der Waals surface area contributed by atoms with Gasteiger partial charge >= 0.3 is 0 Å². The average Bonchev–Trinajstić information content (AvgIpc) is 2.47. The highest BCUT2D eigenvalue weighted by Crippen LogP contribution is 2.24. The Labute approximate surface area is 130 Å². The van der Waals surface area contributed by atoms with Crippen molar-refractivity contribution in [3.63, 3.8) is 0 Å². The van der Waals surface area contributed by atoms with E-state index in [4.69, 9.17) is 16.3 Å². The van der Waals surface area contributed by atoms with E-state index in [2.05, 4.69) is 15.0 Å². The molecule has 2 N–H and O–H groups in total. The third kappa shape index (κ3) is 4.06. The molecule has 0 aliphatic carbocycles. The van der Waals surface area contributed by atoms with Crippen LogP contribution in [0.5, 0.6) is 0 Å². The van der Waals surface area contributed by atoms with Crippen molar-refractivity contribution >= 4 is 27.4 Å². The molecular weight excluding hydrogens is 314 g/mol. The number of hydrogen-bond donors (Lipinski definition) is 2. The van der Waals surface area contributed by atoms with Crippen LogP contribution in [-0.2, 0) is 14.8 Å². The lowest BCUT2D eigenvalue weighted by Crippen LogP contribution is -2.40. The molecule has 1 aromatic rings. The van der Waals surface area contributed by atoms with Crippen LogP contribution in [0.2, 0.25) is 5.02 Å². The number of aromatic nitrogens is 1. The van der Waals surface area contributed by atoms with Gasteiger partial charge in [-0.1, -0.05) is 11.6 Å². The summed E-state index contributed by atoms with van der Waals surface area (Å²) in [5, 5.41) is 3.07. The molecule has 1 aliphatic rings. The standard InChI is InChI=1S/C13H20ClN3O3S/c1-9(10-3-5-20-6-4-10)17-21(18,19)11-7-12(14)13(15-2)16-8-11/h7-10,17H,3-6H2,1-2H3,(H,15,16). The predicted molar refractivity (Wildman–Crippen MR) is 82.1 cm³/mol. The van der Waals surface area contributed by atoms with Crippen molar-refractivity contribution in [2.45, 2.75) is 30.7 Å². The number of hydrogen-bond acceptors (Lipinski definition) is 5. The molecule has 118 valence electrons. The quantitative estimate of drug-likeness (QED) is 0.859. The Kier molecular flexibility index (Phi) is 5.43. The van der Waals surface area contributed by atoms with Crippen molar-refractivity contribution in [3.05, 3.63) is 17.3 Å². The predicted octanol–water partition coefficient (Wildman–Crippen LogP) is 1.87. The number of nitrogens with zero attached hydrogens (tertiary/aromatic N) is 1. The summed E-state index contributed by atoms with van der Waals surface area (Å²) < 4.78 is 32.8. The van der Waals surface area contributed by atoms with Crippen LogP contribution in [0, 0.1) is 5.92 Å². The topological polar surface area (TPSA) is 80.3 Å². The van der Waals surface area contributed by atoms with Gasteiger partial charge in [-0.05, 0) is 31.7 Å². The molecule has 1 atom stereocenters. The smallest absolute Gasteiger partial charge is 0.242 e. The molecule has 1 fully saturated rings. The van der Waals surface area contributed by atoms with Gasteiger partial charge in [0.05, 0.1) is 5.02 Å². The lowest BCUT2D eigenvalue weighted by atomic mass is 9.94. The van der Waals surface area contributed by atoms with E-state index in [1.165, 1.54) is 12.3 Å². The van der Waals surface area contributed by atoms with Crippen LogP contribution in [0.3, 0.4) is 0 Å². The molecule has 0 amide bonds. The van der Waals surface area contributed by atoms with Crippen LogP contribution in [0.1, 0.15) is 19.8 Å². The monoisotopic (exact) mass is 333 g/mol. The van der Waals surface area contributed by atoms with Crippen molar-refractivity contribution in [2.75, 3.05) is 25.6 Å². The minimum atomic E-state index is -3.62. The molecule has 0 radical (unpaired) electrons. The molecule has 0 spiro atoms. The average molecular weight is 334 g/mol. The van der Waals surface area contributed by atoms with E-state index in [0.29, 0.717) is 19.0 Å². The van der Waals surface area contributed by atoms with Gasteiger partial charge in [-0.25, -0.2) is 18.1 Å². The number of pyridine rings is 1. The molecule has 6 nitrogen and oxygen atoms in total. The Balaban J connectivity index is 2.12. The second-order valence-corrected chi connectivity index (χ2v) is 7.23. The fourth-order valence-electron chi connectivity index (χ4n) is 2.38. The van der Waals surface area contributed by atoms with Crippen LogP contribution in [0.4, 0.5) is 5.82 Å². The maximum atomic E-state index is 12.4. The lowest BCUT2D eigenvalue weighted by Gasteiger charge is -2.28. The molecule has 1 aromatic heterocycles. The van der Waals surface area contributed by atoms with E-state index < -0.39 is 10.0 Å². The van der Waals surface area contributed by atoms with E-state index in [1.54, 1.807) is 7.05 Å². The van der Waals surface area contributed by atoms with Gasteiger partial charge in [0, 0.05) is 32.5 Å². The Morgan fingerprint density at radius 2 is 2.10 bits per heavy atom. The Hall–Kier alpha value is -0.890. The normalized spacial score (nSPS) is 18.4. The Bertz CT molecular complexity index is 588. The summed E-state index contributed by atoms with van der Waals surface area (Å²) in [6.45, 7) is 3.24. The third-order valence-electron chi connectivity index (χ3n) is 3.68. The molecule has 8 heteroatoms. The number of ether oxygens (including phenoxy) is 1. The Morgan fingerprint density at radius 1 is 1.43 bits per heavy atom. The minimum absolute atomic E-state index is 0.0745. The molecule has 2 rings (SSSR count). The fourth-order valence-corrected chi connectivity index (χ4v) is 3.98. The first-order valence-electron chi connectivity index (χ1n) is 6.87. The largest absolute Gasteiger partial charge is 0.381 e. The first-order valence-corrected chi connectivity index (χ1v) is 8.73. The van der Waals surface area contributed by atoms with E-state index in [1.807, 2.05) is 6.92 Å². The van der Waals surface area contributed by atoms with Crippen LogP contribution < -0.4 is 10.0 Å². The molecule has 1 unspecified atom stereocenters. The number of anilines is 1. The first kappa shape index (κ1) is 16.5. The zero-order chi connectivity index (χ0) is 15.5. The summed E-state index contributed by atoms with van der Waals surface area (Å²) in [7, 11) is -1.95. The highest BCUT2D eigenvalue weighted by Gasteiger charge is 2.26. The van der Waals surface area contributed by atoms with Crippen molar-refractivity contribution in [1.29, 1.82) is 0 Å². The minimum Gasteiger partial charge on any atom is -0.381 e. The number of halogens is 1. The molecule has 0 aromatic carbocycles. The number of nitrogens with one attached hydrogen (secondary N) is 2. The van der Waals surface area contributed by atoms with E-state index in [0.717, 1.165) is 12.8 Å². The second-order valence-electron chi connectivity index (χ2n) is 5.11. The van der Waals surface area contributed by atoms with Gasteiger partial charge in [-0.3, -0.25) is 0 Å². The van der Waals surface area contributed by atoms with Crippen LogP contribution in [0.25, 0.3) is 0 Å². The van der Waals surface area contributed by atoms with Gasteiger partial charge in [0.2, 0.25) is 10.0 Å². The van der Waals surface area contributed by atoms with Crippen LogP contribution >= 0.6 is 11.6 Å². The lowest BCUT2D eigenvalue weighted by molar-refractivity contribution is 0.0585. The van der Waals surface area contributed by atoms with Gasteiger partial charge in [0.15, 0.2) is 0 Å². The summed E-state index contributed by atoms with van der Waals surface area (Å²) in [5.74, 6) is 0.738. The highest BCUT2D eigenvalue weighted by atomic mass is 35.5. The number of rotatable bonds is 5. The molecule has 21 heavy (non-hydrogen) atoms. The van der Waals surface area contributed by atoms with Crippen molar-refractivity contribution in [3.8, 4) is 0 Å². The summed E-state index contributed by atoms with van der Waals surface area (Å²) in [4.78, 5) is 4.08.